The van der Waals surface area contributed by atoms with Gasteiger partial charge in [-0.25, -0.2) is 0 Å². The number of hydrogen-bond acceptors (Lipinski definition) is 5. The lowest BCUT2D eigenvalue weighted by atomic mass is 9.44. The Bertz CT molecular complexity index is 899. The van der Waals surface area contributed by atoms with Crippen LogP contribution in [0.15, 0.2) is 0 Å². The van der Waals surface area contributed by atoms with Crippen LogP contribution in [0.3, 0.4) is 0 Å². The van der Waals surface area contributed by atoms with Gasteiger partial charge in [0.2, 0.25) is 0 Å². The van der Waals surface area contributed by atoms with Crippen molar-refractivity contribution in [1.29, 1.82) is 0 Å². The van der Waals surface area contributed by atoms with Gasteiger partial charge in [0, 0.05) is 18.8 Å². The molecule has 6 fully saturated rings. The van der Waals surface area contributed by atoms with Gasteiger partial charge < -0.3 is 28.9 Å². The Morgan fingerprint density at radius 3 is 2.32 bits per heavy atom. The first kappa shape index (κ1) is 30.8. The summed E-state index contributed by atoms with van der Waals surface area (Å²) in [5.41, 5.74) is 0.875. The minimum Gasteiger partial charge on any atom is -0.391 e. The van der Waals surface area contributed by atoms with Gasteiger partial charge in [-0.1, -0.05) is 27.7 Å². The van der Waals surface area contributed by atoms with E-state index in [4.69, 9.17) is 14.2 Å². The fourth-order valence-electron chi connectivity index (χ4n) is 11.9. The summed E-state index contributed by atoms with van der Waals surface area (Å²) in [6.45, 7) is 14.5. The SMILES string of the molecule is C[C@@H]1CC[C@@]2(OC1)O[C@H]1C[C@H]3[C@@H]4CC[C@H]5C[C@@H](OCCC[N+](C)(CCO)CCO)CC[C@]5(C)[C@H]4CC[C@]3(C)[C@H]1[C@@H]2C. The molecule has 2 heterocycles. The van der Waals surface area contributed by atoms with E-state index in [-0.39, 0.29) is 19.0 Å². The molecule has 6 aliphatic rings. The lowest BCUT2D eigenvalue weighted by molar-refractivity contribution is -0.910. The van der Waals surface area contributed by atoms with E-state index >= 15 is 0 Å². The molecule has 2 saturated heterocycles. The van der Waals surface area contributed by atoms with Crippen LogP contribution < -0.4 is 0 Å². The highest BCUT2D eigenvalue weighted by Crippen LogP contribution is 2.71. The maximum absolute atomic E-state index is 9.44. The van der Waals surface area contributed by atoms with Crippen LogP contribution in [0, 0.1) is 52.3 Å². The first-order chi connectivity index (χ1) is 19.6. The predicted molar refractivity (Wildman–Crippen MR) is 161 cm³/mol. The molecule has 6 heteroatoms. The molecule has 0 aromatic carbocycles. The van der Waals surface area contributed by atoms with E-state index in [0.29, 0.717) is 53.9 Å². The van der Waals surface area contributed by atoms with Gasteiger partial charge in [-0.3, -0.25) is 0 Å². The average Bonchev–Trinajstić information content (AvgIpc) is 3.38. The maximum Gasteiger partial charge on any atom is 0.171 e. The van der Waals surface area contributed by atoms with Gasteiger partial charge in [-0.05, 0) is 104 Å². The zero-order valence-electron chi connectivity index (χ0n) is 27.0. The quantitative estimate of drug-likeness (QED) is 0.275. The number of hydrogen-bond donors (Lipinski definition) is 2. The second-order valence-corrected chi connectivity index (χ2v) is 16.5. The van der Waals surface area contributed by atoms with E-state index in [2.05, 4.69) is 34.7 Å². The second-order valence-electron chi connectivity index (χ2n) is 16.5. The minimum absolute atomic E-state index is 0.171. The van der Waals surface area contributed by atoms with Gasteiger partial charge in [0.15, 0.2) is 5.79 Å². The van der Waals surface area contributed by atoms with Crippen LogP contribution >= 0.6 is 0 Å². The molecule has 41 heavy (non-hydrogen) atoms. The predicted octanol–water partition coefficient (Wildman–Crippen LogP) is 5.64. The van der Waals surface area contributed by atoms with E-state index in [9.17, 15) is 10.2 Å². The molecule has 4 aliphatic carbocycles. The summed E-state index contributed by atoms with van der Waals surface area (Å²) in [7, 11) is 2.14. The number of aliphatic hydroxyl groups is 2. The van der Waals surface area contributed by atoms with Crippen LogP contribution in [0.1, 0.15) is 98.3 Å². The van der Waals surface area contributed by atoms with Crippen molar-refractivity contribution in [3.05, 3.63) is 0 Å². The van der Waals surface area contributed by atoms with Crippen molar-refractivity contribution in [3.8, 4) is 0 Å². The summed E-state index contributed by atoms with van der Waals surface area (Å²) in [6, 6.07) is 0. The number of nitrogens with zero attached hydrogens (tertiary/aromatic N) is 1. The van der Waals surface area contributed by atoms with Crippen molar-refractivity contribution in [2.24, 2.45) is 52.3 Å². The molecule has 2 N–H and O–H groups in total. The fourth-order valence-corrected chi connectivity index (χ4v) is 11.9. The smallest absolute Gasteiger partial charge is 0.171 e. The molecule has 12 atom stereocenters. The topological polar surface area (TPSA) is 68.2 Å². The third kappa shape index (κ3) is 5.27. The molecule has 2 aliphatic heterocycles. The highest BCUT2D eigenvalue weighted by Gasteiger charge is 2.69. The Morgan fingerprint density at radius 2 is 1.61 bits per heavy atom. The molecule has 0 aromatic heterocycles. The summed E-state index contributed by atoms with van der Waals surface area (Å²) in [4.78, 5) is 0. The number of fused-ring (bicyclic) bond motifs is 7. The van der Waals surface area contributed by atoms with Gasteiger partial charge >= 0.3 is 0 Å². The Balaban J connectivity index is 1.05. The highest BCUT2D eigenvalue weighted by molar-refractivity contribution is 5.15. The van der Waals surface area contributed by atoms with E-state index in [1.54, 1.807) is 0 Å². The standard InChI is InChI=1S/C35H62NO5/c1-24-9-14-35(40-23-24)25(2)32-31(41-35)22-30-28-8-7-26-21-27(39-20-6-15-36(5,16-18-37)17-19-38)10-12-33(26,3)29(28)11-13-34(30,32)4/h24-32,37-38H,6-23H2,1-5H3/q+1/t24-,25+,26+,27+,28-,29+,30+,31+,32+,33+,34+,35-/m1/s1. The van der Waals surface area contributed by atoms with Gasteiger partial charge in [0.05, 0.1) is 52.2 Å². The van der Waals surface area contributed by atoms with E-state index in [1.165, 1.54) is 57.8 Å². The third-order valence-corrected chi connectivity index (χ3v) is 14.4. The summed E-state index contributed by atoms with van der Waals surface area (Å²) >= 11 is 0. The molecule has 0 aromatic rings. The first-order valence-electron chi connectivity index (χ1n) is 17.6. The molecular formula is C35H62NO5+. The zero-order chi connectivity index (χ0) is 29.0. The van der Waals surface area contributed by atoms with E-state index in [0.717, 1.165) is 60.8 Å². The minimum atomic E-state index is -0.302. The Hall–Kier alpha value is -0.240. The van der Waals surface area contributed by atoms with Crippen molar-refractivity contribution >= 4 is 0 Å². The molecule has 1 spiro atoms. The largest absolute Gasteiger partial charge is 0.391 e. The van der Waals surface area contributed by atoms with Crippen LogP contribution in [0.2, 0.25) is 0 Å². The normalized spacial score (nSPS) is 49.4. The van der Waals surface area contributed by atoms with Crippen LogP contribution in [-0.2, 0) is 14.2 Å². The van der Waals surface area contributed by atoms with Gasteiger partial charge in [-0.15, -0.1) is 0 Å². The molecule has 0 radical (unpaired) electrons. The number of aliphatic hydroxyl groups excluding tert-OH is 2. The first-order valence-corrected chi connectivity index (χ1v) is 17.6. The van der Waals surface area contributed by atoms with E-state index in [1.807, 2.05) is 0 Å². The zero-order valence-corrected chi connectivity index (χ0v) is 27.0. The summed E-state index contributed by atoms with van der Waals surface area (Å²) in [6.07, 6.45) is 14.7. The molecule has 0 bridgehead atoms. The summed E-state index contributed by atoms with van der Waals surface area (Å²) < 4.78 is 20.8. The maximum atomic E-state index is 9.44. The fraction of sp³-hybridized carbons (Fsp3) is 1.00. The highest BCUT2D eigenvalue weighted by atomic mass is 16.7. The van der Waals surface area contributed by atoms with Crippen LogP contribution in [0.25, 0.3) is 0 Å². The molecule has 6 rings (SSSR count). The molecule has 0 unspecified atom stereocenters. The van der Waals surface area contributed by atoms with Crippen molar-refractivity contribution in [2.75, 3.05) is 53.1 Å². The van der Waals surface area contributed by atoms with Crippen molar-refractivity contribution in [3.63, 3.8) is 0 Å². The van der Waals surface area contributed by atoms with Crippen LogP contribution in [-0.4, -0.2) is 85.8 Å². The van der Waals surface area contributed by atoms with Gasteiger partial charge in [0.25, 0.3) is 0 Å². The molecule has 0 amide bonds. The molecule has 236 valence electrons. The number of likely N-dealkylation sites (N-methyl/N-ethyl adjacent to an activating group) is 1. The Morgan fingerprint density at radius 1 is 0.854 bits per heavy atom. The molecule has 6 nitrogen and oxygen atoms in total. The van der Waals surface area contributed by atoms with Crippen LogP contribution in [0.4, 0.5) is 0 Å². The van der Waals surface area contributed by atoms with Gasteiger partial charge in [0.1, 0.15) is 13.1 Å². The average molecular weight is 577 g/mol. The van der Waals surface area contributed by atoms with Gasteiger partial charge in [-0.2, -0.15) is 0 Å². The van der Waals surface area contributed by atoms with Crippen LogP contribution in [0.5, 0.6) is 0 Å². The summed E-state index contributed by atoms with van der Waals surface area (Å²) in [5.74, 6) is 4.88. The number of ether oxygens (including phenoxy) is 3. The third-order valence-electron chi connectivity index (χ3n) is 14.4. The number of rotatable bonds is 9. The number of quaternary nitrogens is 1. The Labute approximate surface area is 250 Å². The lowest BCUT2D eigenvalue weighted by Gasteiger charge is -2.61. The molecule has 4 saturated carbocycles. The van der Waals surface area contributed by atoms with Crippen molar-refractivity contribution in [2.45, 2.75) is 116 Å². The van der Waals surface area contributed by atoms with Crippen molar-refractivity contribution < 1.29 is 28.9 Å². The second kappa shape index (κ2) is 11.6. The molecular weight excluding hydrogens is 514 g/mol. The lowest BCUT2D eigenvalue weighted by Crippen LogP contribution is -2.55. The summed E-state index contributed by atoms with van der Waals surface area (Å²) in [5, 5.41) is 18.9. The van der Waals surface area contributed by atoms with Crippen molar-refractivity contribution in [1.82, 2.24) is 0 Å². The monoisotopic (exact) mass is 576 g/mol. The Kier molecular flexibility index (Phi) is 8.71. The van der Waals surface area contributed by atoms with E-state index < -0.39 is 0 Å².